The van der Waals surface area contributed by atoms with Gasteiger partial charge in [-0.25, -0.2) is 0 Å². The number of carbonyl (C=O) groups is 1. The Labute approximate surface area is 114 Å². The highest BCUT2D eigenvalue weighted by Crippen LogP contribution is 2.22. The minimum Gasteiger partial charge on any atom is -0.393 e. The summed E-state index contributed by atoms with van der Waals surface area (Å²) in [4.78, 5) is 11.6. The lowest BCUT2D eigenvalue weighted by Gasteiger charge is -2.27. The Morgan fingerprint density at radius 2 is 1.84 bits per heavy atom. The van der Waals surface area contributed by atoms with Crippen LogP contribution in [0.15, 0.2) is 24.3 Å². The summed E-state index contributed by atoms with van der Waals surface area (Å²) in [5.74, 6) is -0.0326. The zero-order valence-corrected chi connectivity index (χ0v) is 11.4. The zero-order chi connectivity index (χ0) is 13.7. The number of carbonyl (C=O) groups excluding carboxylic acids is 1. The molecule has 1 aromatic carbocycles. The van der Waals surface area contributed by atoms with E-state index in [1.165, 1.54) is 0 Å². The van der Waals surface area contributed by atoms with E-state index in [9.17, 15) is 9.90 Å². The van der Waals surface area contributed by atoms with Gasteiger partial charge in [0, 0.05) is 23.8 Å². The van der Waals surface area contributed by atoms with E-state index in [0.717, 1.165) is 31.4 Å². The molecule has 0 unspecified atom stereocenters. The lowest BCUT2D eigenvalue weighted by molar-refractivity contribution is 0.0956. The van der Waals surface area contributed by atoms with Gasteiger partial charge in [-0.2, -0.15) is 0 Å². The van der Waals surface area contributed by atoms with E-state index >= 15 is 0 Å². The molecule has 104 valence electrons. The Hall–Kier alpha value is -1.55. The Morgan fingerprint density at radius 3 is 2.42 bits per heavy atom. The maximum atomic E-state index is 11.6. The highest BCUT2D eigenvalue weighted by atomic mass is 16.3. The summed E-state index contributed by atoms with van der Waals surface area (Å²) in [5, 5.41) is 15.7. The lowest BCUT2D eigenvalue weighted by atomic mass is 9.93. The number of hydrogen-bond donors (Lipinski definition) is 3. The summed E-state index contributed by atoms with van der Waals surface area (Å²) in [6.45, 7) is 2.55. The average molecular weight is 262 g/mol. The fraction of sp³-hybridized carbons (Fsp3) is 0.533. The third kappa shape index (κ3) is 3.96. The fourth-order valence-electron chi connectivity index (χ4n) is 2.44. The normalized spacial score (nSPS) is 22.8. The van der Waals surface area contributed by atoms with Crippen LogP contribution in [-0.4, -0.2) is 29.7 Å². The van der Waals surface area contributed by atoms with E-state index in [0.29, 0.717) is 18.2 Å². The Bertz CT molecular complexity index is 409. The van der Waals surface area contributed by atoms with Crippen molar-refractivity contribution in [2.45, 2.75) is 44.8 Å². The number of aliphatic hydroxyl groups excluding tert-OH is 1. The standard InChI is InChI=1S/C15H22N2O2/c1-2-16-15(19)11-3-5-12(6-4-11)17-13-7-9-14(18)10-8-13/h3-6,13-14,17-18H,2,7-10H2,1H3,(H,16,19). The molecule has 0 aliphatic heterocycles. The average Bonchev–Trinajstić information content (AvgIpc) is 2.42. The van der Waals surface area contributed by atoms with Crippen molar-refractivity contribution in [1.82, 2.24) is 5.32 Å². The number of aliphatic hydroxyl groups is 1. The van der Waals surface area contributed by atoms with Gasteiger partial charge in [0.2, 0.25) is 0 Å². The van der Waals surface area contributed by atoms with Crippen molar-refractivity contribution < 1.29 is 9.90 Å². The molecule has 1 aliphatic carbocycles. The van der Waals surface area contributed by atoms with Crippen molar-refractivity contribution in [3.8, 4) is 0 Å². The van der Waals surface area contributed by atoms with Crippen molar-refractivity contribution >= 4 is 11.6 Å². The molecule has 19 heavy (non-hydrogen) atoms. The Kier molecular flexibility index (Phi) is 4.80. The molecule has 0 bridgehead atoms. The number of benzene rings is 1. The summed E-state index contributed by atoms with van der Waals surface area (Å²) in [6, 6.07) is 7.99. The smallest absolute Gasteiger partial charge is 0.251 e. The monoisotopic (exact) mass is 262 g/mol. The van der Waals surface area contributed by atoms with Gasteiger partial charge in [-0.1, -0.05) is 0 Å². The largest absolute Gasteiger partial charge is 0.393 e. The molecule has 0 spiro atoms. The Balaban J connectivity index is 1.90. The maximum Gasteiger partial charge on any atom is 0.251 e. The first-order valence-corrected chi connectivity index (χ1v) is 7.02. The van der Waals surface area contributed by atoms with E-state index in [1.807, 2.05) is 31.2 Å². The van der Waals surface area contributed by atoms with Gasteiger partial charge in [-0.3, -0.25) is 4.79 Å². The summed E-state index contributed by atoms with van der Waals surface area (Å²) < 4.78 is 0. The van der Waals surface area contributed by atoms with Crippen LogP contribution in [0.1, 0.15) is 43.0 Å². The first-order valence-electron chi connectivity index (χ1n) is 7.02. The van der Waals surface area contributed by atoms with Gasteiger partial charge in [0.05, 0.1) is 6.10 Å². The summed E-state index contributed by atoms with van der Waals surface area (Å²) in [7, 11) is 0. The molecule has 3 N–H and O–H groups in total. The molecule has 0 heterocycles. The molecule has 0 radical (unpaired) electrons. The van der Waals surface area contributed by atoms with Gasteiger partial charge in [0.1, 0.15) is 0 Å². The minimum absolute atomic E-state index is 0.0326. The number of amides is 1. The molecule has 1 saturated carbocycles. The molecule has 0 atom stereocenters. The van der Waals surface area contributed by atoms with Crippen LogP contribution in [0.2, 0.25) is 0 Å². The molecular weight excluding hydrogens is 240 g/mol. The molecule has 0 saturated heterocycles. The van der Waals surface area contributed by atoms with E-state index in [1.54, 1.807) is 0 Å². The van der Waals surface area contributed by atoms with Gasteiger partial charge >= 0.3 is 0 Å². The second kappa shape index (κ2) is 6.57. The summed E-state index contributed by atoms with van der Waals surface area (Å²) in [6.07, 6.45) is 3.61. The zero-order valence-electron chi connectivity index (χ0n) is 11.4. The number of nitrogens with one attached hydrogen (secondary N) is 2. The topological polar surface area (TPSA) is 61.4 Å². The molecule has 4 heteroatoms. The number of hydrogen-bond acceptors (Lipinski definition) is 3. The minimum atomic E-state index is -0.127. The highest BCUT2D eigenvalue weighted by molar-refractivity contribution is 5.94. The van der Waals surface area contributed by atoms with Crippen LogP contribution in [0.5, 0.6) is 0 Å². The van der Waals surface area contributed by atoms with Crippen LogP contribution >= 0.6 is 0 Å². The van der Waals surface area contributed by atoms with Crippen LogP contribution in [-0.2, 0) is 0 Å². The lowest BCUT2D eigenvalue weighted by Crippen LogP contribution is -2.28. The van der Waals surface area contributed by atoms with Gasteiger partial charge in [0.25, 0.3) is 5.91 Å². The quantitative estimate of drug-likeness (QED) is 0.779. The van der Waals surface area contributed by atoms with E-state index in [2.05, 4.69) is 10.6 Å². The molecule has 0 aromatic heterocycles. The first-order chi connectivity index (χ1) is 9.19. The SMILES string of the molecule is CCNC(=O)c1ccc(NC2CCC(O)CC2)cc1. The molecule has 2 rings (SSSR count). The predicted octanol–water partition coefficient (Wildman–Crippen LogP) is 2.15. The second-order valence-electron chi connectivity index (χ2n) is 5.09. The van der Waals surface area contributed by atoms with E-state index in [4.69, 9.17) is 0 Å². The Morgan fingerprint density at radius 1 is 1.21 bits per heavy atom. The molecular formula is C15H22N2O2. The van der Waals surface area contributed by atoms with Crippen LogP contribution in [0, 0.1) is 0 Å². The van der Waals surface area contributed by atoms with Crippen molar-refractivity contribution in [2.75, 3.05) is 11.9 Å². The van der Waals surface area contributed by atoms with Gasteiger partial charge in [-0.15, -0.1) is 0 Å². The summed E-state index contributed by atoms with van der Waals surface area (Å²) >= 11 is 0. The molecule has 1 aromatic rings. The van der Waals surface area contributed by atoms with Crippen LogP contribution in [0.3, 0.4) is 0 Å². The number of rotatable bonds is 4. The van der Waals surface area contributed by atoms with Crippen molar-refractivity contribution in [3.63, 3.8) is 0 Å². The summed E-state index contributed by atoms with van der Waals surface area (Å²) in [5.41, 5.74) is 1.72. The van der Waals surface area contributed by atoms with E-state index < -0.39 is 0 Å². The van der Waals surface area contributed by atoms with Gasteiger partial charge in [0.15, 0.2) is 0 Å². The third-order valence-corrected chi connectivity index (χ3v) is 3.55. The molecule has 4 nitrogen and oxygen atoms in total. The van der Waals surface area contributed by atoms with Gasteiger partial charge < -0.3 is 15.7 Å². The van der Waals surface area contributed by atoms with Crippen LogP contribution < -0.4 is 10.6 Å². The maximum absolute atomic E-state index is 11.6. The van der Waals surface area contributed by atoms with Crippen LogP contribution in [0.4, 0.5) is 5.69 Å². The predicted molar refractivity (Wildman–Crippen MR) is 76.3 cm³/mol. The van der Waals surface area contributed by atoms with Crippen molar-refractivity contribution in [2.24, 2.45) is 0 Å². The van der Waals surface area contributed by atoms with Gasteiger partial charge in [-0.05, 0) is 56.9 Å². The van der Waals surface area contributed by atoms with Crippen LogP contribution in [0.25, 0.3) is 0 Å². The van der Waals surface area contributed by atoms with Crippen molar-refractivity contribution in [3.05, 3.63) is 29.8 Å². The number of anilines is 1. The van der Waals surface area contributed by atoms with Crippen molar-refractivity contribution in [1.29, 1.82) is 0 Å². The molecule has 1 amide bonds. The highest BCUT2D eigenvalue weighted by Gasteiger charge is 2.18. The first kappa shape index (κ1) is 13.9. The second-order valence-corrected chi connectivity index (χ2v) is 5.09. The third-order valence-electron chi connectivity index (χ3n) is 3.55. The molecule has 1 aliphatic rings. The van der Waals surface area contributed by atoms with E-state index in [-0.39, 0.29) is 12.0 Å². The fourth-order valence-corrected chi connectivity index (χ4v) is 2.44. The molecule has 1 fully saturated rings.